The Kier molecular flexibility index (Phi) is 6.06. The van der Waals surface area contributed by atoms with Gasteiger partial charge in [0.15, 0.2) is 0 Å². The van der Waals surface area contributed by atoms with E-state index in [1.165, 1.54) is 11.1 Å². The van der Waals surface area contributed by atoms with Crippen molar-refractivity contribution in [3.8, 4) is 0 Å². The zero-order valence-corrected chi connectivity index (χ0v) is 12.5. The molecule has 3 heteroatoms. The zero-order chi connectivity index (χ0) is 14.2. The maximum absolute atomic E-state index is 6.09. The van der Waals surface area contributed by atoms with Gasteiger partial charge in [-0.15, -0.1) is 11.6 Å². The first-order valence-electron chi connectivity index (χ1n) is 6.77. The monoisotopic (exact) mass is 289 g/mol. The SMILES string of the molecule is CN(CCl)CCOC(c1ccccc1)c1ccccc1. The molecule has 0 amide bonds. The van der Waals surface area contributed by atoms with Crippen LogP contribution in [0.3, 0.4) is 0 Å². The first kappa shape index (κ1) is 15.0. The molecule has 0 aromatic heterocycles. The lowest BCUT2D eigenvalue weighted by molar-refractivity contribution is 0.0676. The second-order valence-corrected chi connectivity index (χ2v) is 5.01. The quantitative estimate of drug-likeness (QED) is 0.566. The molecule has 0 bridgehead atoms. The van der Waals surface area contributed by atoms with Gasteiger partial charge in [0.05, 0.1) is 12.6 Å². The molecule has 0 aliphatic carbocycles. The van der Waals surface area contributed by atoms with Crippen molar-refractivity contribution in [2.45, 2.75) is 6.10 Å². The molecule has 0 N–H and O–H groups in total. The second kappa shape index (κ2) is 8.05. The highest BCUT2D eigenvalue weighted by Gasteiger charge is 2.14. The van der Waals surface area contributed by atoms with Crippen molar-refractivity contribution >= 4 is 11.6 Å². The molecule has 106 valence electrons. The van der Waals surface area contributed by atoms with Crippen molar-refractivity contribution in [1.29, 1.82) is 0 Å². The lowest BCUT2D eigenvalue weighted by atomic mass is 10.0. The number of ether oxygens (including phenoxy) is 1. The molecule has 0 radical (unpaired) electrons. The Balaban J connectivity index is 2.09. The average Bonchev–Trinajstić information content (AvgIpc) is 2.53. The summed E-state index contributed by atoms with van der Waals surface area (Å²) in [4.78, 5) is 2.02. The molecule has 0 unspecified atom stereocenters. The summed E-state index contributed by atoms with van der Waals surface area (Å²) in [7, 11) is 1.98. The van der Waals surface area contributed by atoms with Gasteiger partial charge in [-0.25, -0.2) is 0 Å². The Bertz CT molecular complexity index is 449. The van der Waals surface area contributed by atoms with Gasteiger partial charge in [0, 0.05) is 6.54 Å². The number of halogens is 1. The van der Waals surface area contributed by atoms with Crippen molar-refractivity contribution in [1.82, 2.24) is 4.90 Å². The number of hydrogen-bond acceptors (Lipinski definition) is 2. The van der Waals surface area contributed by atoms with E-state index in [9.17, 15) is 0 Å². The van der Waals surface area contributed by atoms with Crippen molar-refractivity contribution in [3.63, 3.8) is 0 Å². The van der Waals surface area contributed by atoms with E-state index in [0.717, 1.165) is 6.54 Å². The zero-order valence-electron chi connectivity index (χ0n) is 11.7. The molecule has 2 nitrogen and oxygen atoms in total. The molecule has 0 spiro atoms. The third-order valence-electron chi connectivity index (χ3n) is 3.17. The Morgan fingerprint density at radius 3 is 1.90 bits per heavy atom. The Labute approximate surface area is 125 Å². The summed E-state index contributed by atoms with van der Waals surface area (Å²) in [5, 5.41) is 0. The van der Waals surface area contributed by atoms with Crippen LogP contribution in [0.1, 0.15) is 17.2 Å². The first-order valence-corrected chi connectivity index (χ1v) is 7.30. The lowest BCUT2D eigenvalue weighted by Crippen LogP contribution is -2.22. The molecule has 2 aromatic rings. The Hall–Kier alpha value is -1.35. The van der Waals surface area contributed by atoms with Crippen LogP contribution in [-0.4, -0.2) is 31.1 Å². The van der Waals surface area contributed by atoms with Gasteiger partial charge in [-0.2, -0.15) is 0 Å². The summed E-state index contributed by atoms with van der Waals surface area (Å²) in [6, 6.07) is 21.1. The van der Waals surface area contributed by atoms with Gasteiger partial charge in [0.1, 0.15) is 6.10 Å². The van der Waals surface area contributed by atoms with Gasteiger partial charge in [0.25, 0.3) is 0 Å². The Morgan fingerprint density at radius 2 is 1.45 bits per heavy atom. The lowest BCUT2D eigenvalue weighted by Gasteiger charge is -2.21. The molecule has 0 fully saturated rings. The summed E-state index contributed by atoms with van der Waals surface area (Å²) in [6.07, 6.45) is -0.0267. The maximum Gasteiger partial charge on any atom is 0.108 e. The normalized spacial score (nSPS) is 11.2. The summed E-state index contributed by atoms with van der Waals surface area (Å²) in [5.74, 6) is 0. The smallest absolute Gasteiger partial charge is 0.108 e. The molecule has 0 aliphatic heterocycles. The van der Waals surface area contributed by atoms with Crippen LogP contribution in [-0.2, 0) is 4.74 Å². The summed E-state index contributed by atoms with van der Waals surface area (Å²) < 4.78 is 6.09. The van der Waals surface area contributed by atoms with Crippen LogP contribution in [0.2, 0.25) is 0 Å². The molecule has 0 atom stereocenters. The standard InChI is InChI=1S/C17H20ClNO/c1-19(14-18)12-13-20-17(15-8-4-2-5-9-15)16-10-6-3-7-11-16/h2-11,17H,12-14H2,1H3. The van der Waals surface area contributed by atoms with Crippen molar-refractivity contribution in [2.24, 2.45) is 0 Å². The van der Waals surface area contributed by atoms with Crippen LogP contribution in [0.25, 0.3) is 0 Å². The highest BCUT2D eigenvalue weighted by Crippen LogP contribution is 2.25. The number of alkyl halides is 1. The van der Waals surface area contributed by atoms with E-state index in [2.05, 4.69) is 24.3 Å². The number of nitrogens with zero attached hydrogens (tertiary/aromatic N) is 1. The number of likely N-dealkylation sites (N-methyl/N-ethyl adjacent to an activating group) is 1. The minimum atomic E-state index is -0.0267. The molecule has 2 aromatic carbocycles. The van der Waals surface area contributed by atoms with E-state index >= 15 is 0 Å². The largest absolute Gasteiger partial charge is 0.367 e. The van der Waals surface area contributed by atoms with E-state index < -0.39 is 0 Å². The first-order chi connectivity index (χ1) is 9.81. The van der Waals surface area contributed by atoms with Crippen molar-refractivity contribution in [2.75, 3.05) is 26.2 Å². The summed E-state index contributed by atoms with van der Waals surface area (Å²) in [6.45, 7) is 1.47. The van der Waals surface area contributed by atoms with Gasteiger partial charge in [-0.3, -0.25) is 4.90 Å². The molecule has 20 heavy (non-hydrogen) atoms. The number of hydrogen-bond donors (Lipinski definition) is 0. The fraction of sp³-hybridized carbons (Fsp3) is 0.294. The average molecular weight is 290 g/mol. The van der Waals surface area contributed by atoms with E-state index in [0.29, 0.717) is 12.6 Å². The molecular weight excluding hydrogens is 270 g/mol. The van der Waals surface area contributed by atoms with Crippen LogP contribution in [0.15, 0.2) is 60.7 Å². The van der Waals surface area contributed by atoms with Gasteiger partial charge in [-0.1, -0.05) is 60.7 Å². The van der Waals surface area contributed by atoms with Crippen LogP contribution < -0.4 is 0 Å². The van der Waals surface area contributed by atoms with Crippen molar-refractivity contribution in [3.05, 3.63) is 71.8 Å². The highest BCUT2D eigenvalue weighted by molar-refractivity contribution is 6.17. The molecule has 0 aliphatic rings. The van der Waals surface area contributed by atoms with Gasteiger partial charge in [-0.05, 0) is 18.2 Å². The van der Waals surface area contributed by atoms with Crippen LogP contribution in [0.4, 0.5) is 0 Å². The summed E-state index contributed by atoms with van der Waals surface area (Å²) in [5.41, 5.74) is 2.35. The third-order valence-corrected chi connectivity index (χ3v) is 3.57. The van der Waals surface area contributed by atoms with Crippen molar-refractivity contribution < 1.29 is 4.74 Å². The highest BCUT2D eigenvalue weighted by atomic mass is 35.5. The van der Waals surface area contributed by atoms with E-state index in [-0.39, 0.29) is 6.10 Å². The maximum atomic E-state index is 6.09. The number of rotatable bonds is 7. The summed E-state index contributed by atoms with van der Waals surface area (Å²) >= 11 is 5.77. The molecule has 2 rings (SSSR count). The predicted molar refractivity (Wildman–Crippen MR) is 84.0 cm³/mol. The molecule has 0 heterocycles. The third kappa shape index (κ3) is 4.34. The number of benzene rings is 2. The molecular formula is C17H20ClNO. The van der Waals surface area contributed by atoms with E-state index in [1.807, 2.05) is 48.3 Å². The minimum Gasteiger partial charge on any atom is -0.367 e. The second-order valence-electron chi connectivity index (χ2n) is 4.77. The molecule has 0 saturated carbocycles. The van der Waals surface area contributed by atoms with Gasteiger partial charge >= 0.3 is 0 Å². The topological polar surface area (TPSA) is 12.5 Å². The van der Waals surface area contributed by atoms with E-state index in [1.54, 1.807) is 0 Å². The van der Waals surface area contributed by atoms with Gasteiger partial charge < -0.3 is 4.74 Å². The molecule has 0 saturated heterocycles. The van der Waals surface area contributed by atoms with Crippen LogP contribution in [0.5, 0.6) is 0 Å². The van der Waals surface area contributed by atoms with E-state index in [4.69, 9.17) is 16.3 Å². The van der Waals surface area contributed by atoms with Crippen LogP contribution >= 0.6 is 11.6 Å². The fourth-order valence-corrected chi connectivity index (χ4v) is 2.15. The van der Waals surface area contributed by atoms with Crippen LogP contribution in [0, 0.1) is 0 Å². The van der Waals surface area contributed by atoms with Gasteiger partial charge in [0.2, 0.25) is 0 Å². The predicted octanol–water partition coefficient (Wildman–Crippen LogP) is 3.92. The fourth-order valence-electron chi connectivity index (χ4n) is 2.03. The minimum absolute atomic E-state index is 0.0267. The Morgan fingerprint density at radius 1 is 0.950 bits per heavy atom.